The molecule has 2 N–H and O–H groups in total. The van der Waals surface area contributed by atoms with Crippen molar-refractivity contribution in [2.45, 2.75) is 6.92 Å². The fraction of sp³-hybridized carbons (Fsp3) is 0.750. The first kappa shape index (κ1) is 9.19. The molecule has 0 unspecified atom stereocenters. The summed E-state index contributed by atoms with van der Waals surface area (Å²) in [6, 6.07) is 0. The number of carbonyl (C=O) groups excluding carboxylic acids is 2. The Hall–Kier alpha value is -0.900. The van der Waals surface area contributed by atoms with Crippen molar-refractivity contribution in [1.29, 1.82) is 0 Å². The maximum atomic E-state index is 11.4. The van der Waals surface area contributed by atoms with Crippen molar-refractivity contribution in [3.05, 3.63) is 0 Å². The van der Waals surface area contributed by atoms with Crippen LogP contribution in [0.1, 0.15) is 6.92 Å². The van der Waals surface area contributed by atoms with Crippen LogP contribution in [0.5, 0.6) is 0 Å². The van der Waals surface area contributed by atoms with Gasteiger partial charge < -0.3 is 10.1 Å². The largest absolute Gasteiger partial charge is 0.468 e. The van der Waals surface area contributed by atoms with E-state index >= 15 is 0 Å². The van der Waals surface area contributed by atoms with Gasteiger partial charge in [0.2, 0.25) is 0 Å². The van der Waals surface area contributed by atoms with Gasteiger partial charge in [-0.15, -0.1) is 0 Å². The second-order valence-electron chi connectivity index (χ2n) is 3.14. The summed E-state index contributed by atoms with van der Waals surface area (Å²) in [4.78, 5) is 22.5. The molecule has 1 heterocycles. The number of nitrogens with two attached hydrogens (primary N) is 1. The number of piperidine rings is 1. The van der Waals surface area contributed by atoms with Crippen LogP contribution < -0.4 is 5.32 Å². The third-order valence-electron chi connectivity index (χ3n) is 2.24. The summed E-state index contributed by atoms with van der Waals surface area (Å²) in [6.07, 6.45) is 0. The predicted octanol–water partition coefficient (Wildman–Crippen LogP) is -1.44. The molecule has 0 aliphatic carbocycles. The van der Waals surface area contributed by atoms with E-state index in [9.17, 15) is 9.59 Å². The number of carbonyl (C=O) groups is 2. The van der Waals surface area contributed by atoms with Crippen LogP contribution in [-0.2, 0) is 14.3 Å². The second-order valence-corrected chi connectivity index (χ2v) is 3.14. The van der Waals surface area contributed by atoms with Crippen molar-refractivity contribution < 1.29 is 19.6 Å². The number of hydrogen-bond acceptors (Lipinski definition) is 3. The number of ketones is 1. The molecule has 0 amide bonds. The number of rotatable bonds is 1. The van der Waals surface area contributed by atoms with E-state index in [2.05, 4.69) is 4.74 Å². The molecule has 1 fully saturated rings. The first-order valence-corrected chi connectivity index (χ1v) is 4.10. The number of Topliss-reactive ketones (excluding diaryl/α,β-unsaturated/α-hetero) is 1. The van der Waals surface area contributed by atoms with Gasteiger partial charge in [0.15, 0.2) is 11.7 Å². The van der Waals surface area contributed by atoms with Crippen LogP contribution in [0.2, 0.25) is 0 Å². The molecule has 0 aromatic heterocycles. The number of esters is 1. The lowest BCUT2D eigenvalue weighted by molar-refractivity contribution is -0.665. The fourth-order valence-corrected chi connectivity index (χ4v) is 1.44. The first-order chi connectivity index (χ1) is 5.66. The smallest absolute Gasteiger partial charge is 0.322 e. The number of quaternary nitrogens is 1. The molecule has 4 nitrogen and oxygen atoms in total. The Kier molecular flexibility index (Phi) is 2.81. The number of ether oxygens (including phenoxy) is 1. The SMILES string of the molecule is COC(=O)[C@@H]1C[NH2+]C[C@@H](C)C1=O. The zero-order valence-corrected chi connectivity index (χ0v) is 7.37. The maximum Gasteiger partial charge on any atom is 0.322 e. The van der Waals surface area contributed by atoms with Gasteiger partial charge in [0.25, 0.3) is 0 Å². The summed E-state index contributed by atoms with van der Waals surface area (Å²) in [7, 11) is 1.31. The third kappa shape index (κ3) is 1.64. The molecule has 0 radical (unpaired) electrons. The minimum atomic E-state index is -0.543. The van der Waals surface area contributed by atoms with Crippen LogP contribution in [0.4, 0.5) is 0 Å². The minimum Gasteiger partial charge on any atom is -0.468 e. The van der Waals surface area contributed by atoms with E-state index in [1.54, 1.807) is 0 Å². The van der Waals surface area contributed by atoms with Crippen molar-refractivity contribution in [1.82, 2.24) is 0 Å². The average molecular weight is 172 g/mol. The zero-order chi connectivity index (χ0) is 9.14. The quantitative estimate of drug-likeness (QED) is 0.389. The molecule has 1 saturated heterocycles. The van der Waals surface area contributed by atoms with E-state index in [1.165, 1.54) is 7.11 Å². The van der Waals surface area contributed by atoms with Gasteiger partial charge in [0.1, 0.15) is 0 Å². The highest BCUT2D eigenvalue weighted by atomic mass is 16.5. The van der Waals surface area contributed by atoms with Crippen molar-refractivity contribution in [3.8, 4) is 0 Å². The highest BCUT2D eigenvalue weighted by Crippen LogP contribution is 2.09. The Labute approximate surface area is 71.3 Å². The average Bonchev–Trinajstić information content (AvgIpc) is 2.08. The molecule has 2 atom stereocenters. The summed E-state index contributed by atoms with van der Waals surface area (Å²) >= 11 is 0. The van der Waals surface area contributed by atoms with Crippen molar-refractivity contribution in [2.75, 3.05) is 20.2 Å². The molecule has 0 aromatic carbocycles. The molecule has 1 aliphatic rings. The Morgan fingerprint density at radius 2 is 2.25 bits per heavy atom. The molecule has 0 spiro atoms. The van der Waals surface area contributed by atoms with Gasteiger partial charge in [-0.25, -0.2) is 0 Å². The Balaban J connectivity index is 2.64. The second kappa shape index (κ2) is 3.67. The molecule has 68 valence electrons. The standard InChI is InChI=1S/C8H13NO3/c1-5-3-9-4-6(7(5)10)8(11)12-2/h5-6,9H,3-4H2,1-2H3/p+1/t5-,6-/m1/s1. The summed E-state index contributed by atoms with van der Waals surface area (Å²) in [5, 5.41) is 1.98. The third-order valence-corrected chi connectivity index (χ3v) is 2.24. The van der Waals surface area contributed by atoms with E-state index in [1.807, 2.05) is 12.2 Å². The lowest BCUT2D eigenvalue weighted by atomic mass is 9.90. The number of hydrogen-bond donors (Lipinski definition) is 1. The fourth-order valence-electron chi connectivity index (χ4n) is 1.44. The summed E-state index contributed by atoms with van der Waals surface area (Å²) in [6.45, 7) is 3.16. The van der Waals surface area contributed by atoms with Gasteiger partial charge in [-0.3, -0.25) is 9.59 Å². The summed E-state index contributed by atoms with van der Waals surface area (Å²) in [5.74, 6) is -0.950. The van der Waals surface area contributed by atoms with E-state index < -0.39 is 11.9 Å². The van der Waals surface area contributed by atoms with Crippen LogP contribution in [0, 0.1) is 11.8 Å². The lowest BCUT2D eigenvalue weighted by Crippen LogP contribution is -2.90. The molecule has 4 heteroatoms. The van der Waals surface area contributed by atoms with Crippen LogP contribution in [0.3, 0.4) is 0 Å². The van der Waals surface area contributed by atoms with Gasteiger partial charge in [-0.05, 0) is 0 Å². The molecule has 1 rings (SSSR count). The summed E-state index contributed by atoms with van der Waals surface area (Å²) in [5.41, 5.74) is 0. The van der Waals surface area contributed by atoms with Crippen molar-refractivity contribution >= 4 is 11.8 Å². The lowest BCUT2D eigenvalue weighted by Gasteiger charge is -2.21. The van der Waals surface area contributed by atoms with Crippen molar-refractivity contribution in [2.24, 2.45) is 11.8 Å². The van der Waals surface area contributed by atoms with Gasteiger partial charge in [0.05, 0.1) is 26.1 Å². The van der Waals surface area contributed by atoms with Crippen molar-refractivity contribution in [3.63, 3.8) is 0 Å². The predicted molar refractivity (Wildman–Crippen MR) is 41.3 cm³/mol. The Morgan fingerprint density at radius 3 is 2.83 bits per heavy atom. The normalized spacial score (nSPS) is 30.0. The molecule has 0 bridgehead atoms. The Bertz CT molecular complexity index is 202. The van der Waals surface area contributed by atoms with E-state index in [-0.39, 0.29) is 11.7 Å². The van der Waals surface area contributed by atoms with E-state index in [0.29, 0.717) is 6.54 Å². The Morgan fingerprint density at radius 1 is 1.58 bits per heavy atom. The monoisotopic (exact) mass is 172 g/mol. The molecular weight excluding hydrogens is 158 g/mol. The highest BCUT2D eigenvalue weighted by Gasteiger charge is 2.36. The zero-order valence-electron chi connectivity index (χ0n) is 7.37. The topological polar surface area (TPSA) is 60.0 Å². The van der Waals surface area contributed by atoms with Crippen LogP contribution in [0.15, 0.2) is 0 Å². The number of methoxy groups -OCH3 is 1. The summed E-state index contributed by atoms with van der Waals surface area (Å²) < 4.78 is 4.53. The molecule has 0 saturated carbocycles. The van der Waals surface area contributed by atoms with Gasteiger partial charge in [0, 0.05) is 0 Å². The van der Waals surface area contributed by atoms with Gasteiger partial charge in [-0.2, -0.15) is 0 Å². The minimum absolute atomic E-state index is 0.0179. The van der Waals surface area contributed by atoms with Gasteiger partial charge >= 0.3 is 5.97 Å². The first-order valence-electron chi connectivity index (χ1n) is 4.10. The molecule has 0 aromatic rings. The van der Waals surface area contributed by atoms with Crippen LogP contribution in [-0.4, -0.2) is 32.0 Å². The highest BCUT2D eigenvalue weighted by molar-refractivity contribution is 6.00. The maximum absolute atomic E-state index is 11.4. The molecule has 12 heavy (non-hydrogen) atoms. The van der Waals surface area contributed by atoms with Gasteiger partial charge in [-0.1, -0.05) is 6.92 Å². The molecule has 1 aliphatic heterocycles. The van der Waals surface area contributed by atoms with Crippen LogP contribution >= 0.6 is 0 Å². The van der Waals surface area contributed by atoms with E-state index in [4.69, 9.17) is 0 Å². The van der Waals surface area contributed by atoms with E-state index in [0.717, 1.165) is 6.54 Å². The molecular formula is C8H14NO3+. The van der Waals surface area contributed by atoms with Crippen LogP contribution in [0.25, 0.3) is 0 Å².